The molecule has 2 aromatic carbocycles. The summed E-state index contributed by atoms with van der Waals surface area (Å²) < 4.78 is 10.8. The van der Waals surface area contributed by atoms with Crippen LogP contribution in [-0.2, 0) is 14.9 Å². The summed E-state index contributed by atoms with van der Waals surface area (Å²) in [5.74, 6) is 0.490. The van der Waals surface area contributed by atoms with Crippen LogP contribution in [0.1, 0.15) is 26.5 Å². The van der Waals surface area contributed by atoms with Gasteiger partial charge in [-0.1, -0.05) is 30.3 Å². The van der Waals surface area contributed by atoms with Crippen molar-refractivity contribution in [3.8, 4) is 5.75 Å². The number of fused-ring (bicyclic) bond motifs is 3. The zero-order valence-corrected chi connectivity index (χ0v) is 14.4. The average Bonchev–Trinajstić information content (AvgIpc) is 2.60. The first-order valence-corrected chi connectivity index (χ1v) is 8.03. The molecule has 1 heterocycles. The summed E-state index contributed by atoms with van der Waals surface area (Å²) in [6.07, 6.45) is 0. The first-order valence-electron chi connectivity index (χ1n) is 8.03. The van der Waals surface area contributed by atoms with Gasteiger partial charge in [0.15, 0.2) is 0 Å². The van der Waals surface area contributed by atoms with Crippen LogP contribution >= 0.6 is 0 Å². The summed E-state index contributed by atoms with van der Waals surface area (Å²) >= 11 is 0. The van der Waals surface area contributed by atoms with E-state index in [0.29, 0.717) is 12.3 Å². The third-order valence-corrected chi connectivity index (χ3v) is 4.28. The molecule has 0 atom stereocenters. The third kappa shape index (κ3) is 2.48. The van der Waals surface area contributed by atoms with Gasteiger partial charge in [0, 0.05) is 16.2 Å². The van der Waals surface area contributed by atoms with Gasteiger partial charge < -0.3 is 9.47 Å². The lowest BCUT2D eigenvalue weighted by Crippen LogP contribution is -2.32. The highest BCUT2D eigenvalue weighted by Crippen LogP contribution is 2.38. The van der Waals surface area contributed by atoms with Crippen molar-refractivity contribution in [2.75, 3.05) is 13.7 Å². The molecule has 3 rings (SSSR count). The maximum absolute atomic E-state index is 12.5. The van der Waals surface area contributed by atoms with E-state index in [9.17, 15) is 4.79 Å². The number of methoxy groups -OCH3 is 1. The quantitative estimate of drug-likeness (QED) is 0.532. The fourth-order valence-corrected chi connectivity index (χ4v) is 3.02. The summed E-state index contributed by atoms with van der Waals surface area (Å²) in [4.78, 5) is 17.3. The van der Waals surface area contributed by atoms with E-state index in [2.05, 4.69) is 0 Å². The molecule has 0 spiro atoms. The number of esters is 1. The minimum Gasteiger partial charge on any atom is -0.496 e. The SMILES string of the molecule is CCOC(=O)C(C)(C)c1nc2ccccc2c2c(OC)cccc12. The molecule has 0 radical (unpaired) electrons. The van der Waals surface area contributed by atoms with Crippen molar-refractivity contribution in [3.05, 3.63) is 48.2 Å². The molecule has 3 aromatic rings. The summed E-state index contributed by atoms with van der Waals surface area (Å²) in [7, 11) is 1.65. The van der Waals surface area contributed by atoms with Crippen molar-refractivity contribution < 1.29 is 14.3 Å². The monoisotopic (exact) mass is 323 g/mol. The van der Waals surface area contributed by atoms with Crippen molar-refractivity contribution in [2.24, 2.45) is 0 Å². The fraction of sp³-hybridized carbons (Fsp3) is 0.300. The van der Waals surface area contributed by atoms with E-state index in [1.807, 2.05) is 63.2 Å². The van der Waals surface area contributed by atoms with E-state index >= 15 is 0 Å². The molecule has 0 aliphatic heterocycles. The van der Waals surface area contributed by atoms with Gasteiger partial charge in [0.05, 0.1) is 24.9 Å². The number of nitrogens with zero attached hydrogens (tertiary/aromatic N) is 1. The second-order valence-electron chi connectivity index (χ2n) is 6.21. The topological polar surface area (TPSA) is 48.4 Å². The van der Waals surface area contributed by atoms with Crippen LogP contribution in [-0.4, -0.2) is 24.7 Å². The smallest absolute Gasteiger partial charge is 0.317 e. The summed E-state index contributed by atoms with van der Waals surface area (Å²) in [6.45, 7) is 5.85. The number of rotatable bonds is 4. The lowest BCUT2D eigenvalue weighted by Gasteiger charge is -2.24. The van der Waals surface area contributed by atoms with Gasteiger partial charge in [0.25, 0.3) is 0 Å². The second kappa shape index (κ2) is 6.11. The molecular weight excluding hydrogens is 302 g/mol. The molecule has 0 amide bonds. The number of hydrogen-bond donors (Lipinski definition) is 0. The summed E-state index contributed by atoms with van der Waals surface area (Å²) in [5.41, 5.74) is 0.681. The number of hydrogen-bond acceptors (Lipinski definition) is 4. The van der Waals surface area contributed by atoms with E-state index in [4.69, 9.17) is 14.5 Å². The lowest BCUT2D eigenvalue weighted by atomic mass is 9.85. The second-order valence-corrected chi connectivity index (χ2v) is 6.21. The normalized spacial score (nSPS) is 11.7. The van der Waals surface area contributed by atoms with Crippen molar-refractivity contribution in [3.63, 3.8) is 0 Å². The van der Waals surface area contributed by atoms with Crippen LogP contribution in [0, 0.1) is 0 Å². The Morgan fingerprint density at radius 2 is 1.79 bits per heavy atom. The van der Waals surface area contributed by atoms with E-state index in [1.165, 1.54) is 0 Å². The molecule has 124 valence electrons. The molecule has 0 unspecified atom stereocenters. The Bertz CT molecular complexity index is 915. The van der Waals surface area contributed by atoms with Crippen LogP contribution in [0.25, 0.3) is 21.7 Å². The van der Waals surface area contributed by atoms with Crippen molar-refractivity contribution >= 4 is 27.6 Å². The molecule has 24 heavy (non-hydrogen) atoms. The van der Waals surface area contributed by atoms with Gasteiger partial charge in [-0.15, -0.1) is 0 Å². The average molecular weight is 323 g/mol. The van der Waals surface area contributed by atoms with E-state index in [0.717, 1.165) is 27.4 Å². The predicted molar refractivity (Wildman–Crippen MR) is 95.5 cm³/mol. The van der Waals surface area contributed by atoms with Crippen LogP contribution in [0.4, 0.5) is 0 Å². The zero-order chi connectivity index (χ0) is 17.3. The number of para-hydroxylation sites is 1. The maximum Gasteiger partial charge on any atom is 0.317 e. The minimum atomic E-state index is -0.856. The Balaban J connectivity index is 2.41. The number of carbonyl (C=O) groups is 1. The molecule has 0 aliphatic carbocycles. The Labute approximate surface area is 141 Å². The van der Waals surface area contributed by atoms with Gasteiger partial charge in [0.1, 0.15) is 11.2 Å². The van der Waals surface area contributed by atoms with Gasteiger partial charge in [-0.05, 0) is 32.9 Å². The highest BCUT2D eigenvalue weighted by atomic mass is 16.5. The molecular formula is C20H21NO3. The maximum atomic E-state index is 12.5. The molecule has 1 aromatic heterocycles. The summed E-state index contributed by atoms with van der Waals surface area (Å²) in [6, 6.07) is 13.7. The van der Waals surface area contributed by atoms with Crippen LogP contribution in [0.3, 0.4) is 0 Å². The van der Waals surface area contributed by atoms with Gasteiger partial charge in [-0.2, -0.15) is 0 Å². The van der Waals surface area contributed by atoms with Gasteiger partial charge in [-0.25, -0.2) is 0 Å². The molecule has 0 aliphatic rings. The molecule has 0 N–H and O–H groups in total. The first kappa shape index (κ1) is 16.2. The van der Waals surface area contributed by atoms with Crippen molar-refractivity contribution in [1.82, 2.24) is 4.98 Å². The zero-order valence-electron chi connectivity index (χ0n) is 14.4. The molecule has 0 saturated heterocycles. The summed E-state index contributed by atoms with van der Waals surface area (Å²) in [5, 5.41) is 2.89. The Morgan fingerprint density at radius 1 is 1.08 bits per heavy atom. The van der Waals surface area contributed by atoms with E-state index in [1.54, 1.807) is 7.11 Å². The number of pyridine rings is 1. The van der Waals surface area contributed by atoms with Gasteiger partial charge in [-0.3, -0.25) is 9.78 Å². The van der Waals surface area contributed by atoms with Crippen LogP contribution in [0.2, 0.25) is 0 Å². The largest absolute Gasteiger partial charge is 0.496 e. The van der Waals surface area contributed by atoms with E-state index < -0.39 is 5.41 Å². The fourth-order valence-electron chi connectivity index (χ4n) is 3.02. The van der Waals surface area contributed by atoms with Crippen LogP contribution in [0.15, 0.2) is 42.5 Å². The Hall–Kier alpha value is -2.62. The highest BCUT2D eigenvalue weighted by molar-refractivity contribution is 6.11. The lowest BCUT2D eigenvalue weighted by molar-refractivity contribution is -0.148. The van der Waals surface area contributed by atoms with Gasteiger partial charge >= 0.3 is 5.97 Å². The highest BCUT2D eigenvalue weighted by Gasteiger charge is 2.35. The van der Waals surface area contributed by atoms with E-state index in [-0.39, 0.29) is 5.97 Å². The third-order valence-electron chi connectivity index (χ3n) is 4.28. The molecule has 0 saturated carbocycles. The molecule has 4 nitrogen and oxygen atoms in total. The number of aromatic nitrogens is 1. The first-order chi connectivity index (χ1) is 11.5. The predicted octanol–water partition coefficient (Wildman–Crippen LogP) is 4.24. The molecule has 0 bridgehead atoms. The standard InChI is InChI=1S/C20H21NO3/c1-5-24-19(22)20(2,3)18-14-10-8-12-16(23-4)17(14)13-9-6-7-11-15(13)21-18/h6-12H,5H2,1-4H3. The molecule has 0 fully saturated rings. The van der Waals surface area contributed by atoms with Gasteiger partial charge in [0.2, 0.25) is 0 Å². The van der Waals surface area contributed by atoms with Crippen molar-refractivity contribution in [2.45, 2.75) is 26.2 Å². The number of carbonyl (C=O) groups excluding carboxylic acids is 1. The minimum absolute atomic E-state index is 0.281. The van der Waals surface area contributed by atoms with Crippen LogP contribution < -0.4 is 4.74 Å². The Kier molecular flexibility index (Phi) is 4.14. The molecule has 4 heteroatoms. The number of benzene rings is 2. The van der Waals surface area contributed by atoms with Crippen LogP contribution in [0.5, 0.6) is 5.75 Å². The Morgan fingerprint density at radius 3 is 2.50 bits per heavy atom. The van der Waals surface area contributed by atoms with Crippen molar-refractivity contribution in [1.29, 1.82) is 0 Å². The number of ether oxygens (including phenoxy) is 2.